The number of hydrogen-bond acceptors (Lipinski definition) is 6. The van der Waals surface area contributed by atoms with Crippen LogP contribution in [-0.2, 0) is 14.3 Å². The number of rotatable bonds is 5. The Labute approximate surface area is 159 Å². The minimum absolute atomic E-state index is 0.349. The highest BCUT2D eigenvalue weighted by Crippen LogP contribution is 2.37. The lowest BCUT2D eigenvalue weighted by Crippen LogP contribution is -2.36. The SMILES string of the molecule is C=CC(=O)Nc1cc(NC(=O)OC(C)(C)C)c(OC)cc1N1CCOCC1. The smallest absolute Gasteiger partial charge is 0.412 e. The van der Waals surface area contributed by atoms with Crippen molar-refractivity contribution in [3.8, 4) is 5.75 Å². The number of carbonyl (C=O) groups excluding carboxylic acids is 2. The van der Waals surface area contributed by atoms with Gasteiger partial charge in [0.05, 0.1) is 37.4 Å². The van der Waals surface area contributed by atoms with E-state index in [0.29, 0.717) is 43.4 Å². The molecule has 1 aromatic rings. The normalized spacial score (nSPS) is 14.3. The molecule has 148 valence electrons. The summed E-state index contributed by atoms with van der Waals surface area (Å²) in [7, 11) is 1.51. The molecule has 0 spiro atoms. The zero-order valence-corrected chi connectivity index (χ0v) is 16.3. The van der Waals surface area contributed by atoms with Crippen molar-refractivity contribution in [2.75, 3.05) is 48.9 Å². The topological polar surface area (TPSA) is 89.1 Å². The van der Waals surface area contributed by atoms with Crippen LogP contribution in [0.1, 0.15) is 20.8 Å². The van der Waals surface area contributed by atoms with Gasteiger partial charge in [0.25, 0.3) is 0 Å². The van der Waals surface area contributed by atoms with Crippen LogP contribution in [0.25, 0.3) is 0 Å². The third kappa shape index (κ3) is 5.89. The second-order valence-corrected chi connectivity index (χ2v) is 6.99. The first-order valence-electron chi connectivity index (χ1n) is 8.71. The highest BCUT2D eigenvalue weighted by Gasteiger charge is 2.22. The quantitative estimate of drug-likeness (QED) is 0.767. The molecule has 27 heavy (non-hydrogen) atoms. The highest BCUT2D eigenvalue weighted by molar-refractivity contribution is 6.02. The van der Waals surface area contributed by atoms with Crippen LogP contribution in [0.4, 0.5) is 21.9 Å². The number of morpholine rings is 1. The van der Waals surface area contributed by atoms with Crippen molar-refractivity contribution in [1.82, 2.24) is 0 Å². The largest absolute Gasteiger partial charge is 0.494 e. The lowest BCUT2D eigenvalue weighted by Gasteiger charge is -2.31. The third-order valence-electron chi connectivity index (χ3n) is 3.75. The molecule has 0 bridgehead atoms. The van der Waals surface area contributed by atoms with Gasteiger partial charge in [0.15, 0.2) is 0 Å². The van der Waals surface area contributed by atoms with Gasteiger partial charge in [0.2, 0.25) is 5.91 Å². The molecule has 0 saturated carbocycles. The maximum atomic E-state index is 12.2. The molecule has 1 aliphatic rings. The van der Waals surface area contributed by atoms with E-state index in [9.17, 15) is 9.59 Å². The summed E-state index contributed by atoms with van der Waals surface area (Å²) in [6.07, 6.45) is 0.579. The van der Waals surface area contributed by atoms with Gasteiger partial charge in [-0.1, -0.05) is 6.58 Å². The van der Waals surface area contributed by atoms with Gasteiger partial charge in [-0.25, -0.2) is 4.79 Å². The number of amides is 2. The Balaban J connectivity index is 2.38. The summed E-state index contributed by atoms with van der Waals surface area (Å²) in [6.45, 7) is 11.4. The average molecular weight is 377 g/mol. The van der Waals surface area contributed by atoms with Crippen LogP contribution in [0.5, 0.6) is 5.75 Å². The monoisotopic (exact) mass is 377 g/mol. The number of ether oxygens (including phenoxy) is 3. The van der Waals surface area contributed by atoms with E-state index >= 15 is 0 Å². The molecule has 0 atom stereocenters. The van der Waals surface area contributed by atoms with Crippen LogP contribution in [0.15, 0.2) is 24.8 Å². The molecule has 1 aliphatic heterocycles. The summed E-state index contributed by atoms with van der Waals surface area (Å²) >= 11 is 0. The fraction of sp³-hybridized carbons (Fsp3) is 0.474. The second kappa shape index (κ2) is 8.77. The standard InChI is InChI=1S/C19H27N3O5/c1-6-17(23)20-13-11-14(21-18(24)27-19(2,3)4)16(25-5)12-15(13)22-7-9-26-10-8-22/h6,11-12H,1,7-10H2,2-5H3,(H,20,23)(H,21,24). The molecule has 0 unspecified atom stereocenters. The Morgan fingerprint density at radius 2 is 1.85 bits per heavy atom. The summed E-state index contributed by atoms with van der Waals surface area (Å²) in [6, 6.07) is 3.42. The molecule has 8 heteroatoms. The van der Waals surface area contributed by atoms with Crippen molar-refractivity contribution in [2.45, 2.75) is 26.4 Å². The minimum atomic E-state index is -0.634. The fourth-order valence-corrected chi connectivity index (χ4v) is 2.60. The average Bonchev–Trinajstić information content (AvgIpc) is 2.61. The first kappa shape index (κ1) is 20.6. The van der Waals surface area contributed by atoms with Crippen molar-refractivity contribution >= 4 is 29.1 Å². The van der Waals surface area contributed by atoms with Gasteiger partial charge in [0.1, 0.15) is 11.4 Å². The maximum absolute atomic E-state index is 12.2. The van der Waals surface area contributed by atoms with Crippen molar-refractivity contribution in [1.29, 1.82) is 0 Å². The van der Waals surface area contributed by atoms with Gasteiger partial charge in [-0.05, 0) is 32.9 Å². The Bertz CT molecular complexity index is 706. The molecular formula is C19H27N3O5. The van der Waals surface area contributed by atoms with Gasteiger partial charge in [0, 0.05) is 19.2 Å². The Hall–Kier alpha value is -2.74. The van der Waals surface area contributed by atoms with Crippen LogP contribution in [-0.4, -0.2) is 51.0 Å². The summed E-state index contributed by atoms with van der Waals surface area (Å²) in [5.41, 5.74) is 1.07. The van der Waals surface area contributed by atoms with Gasteiger partial charge in [-0.15, -0.1) is 0 Å². The lowest BCUT2D eigenvalue weighted by atomic mass is 10.1. The molecule has 0 aromatic heterocycles. The van der Waals surface area contributed by atoms with Crippen molar-refractivity contribution in [3.05, 3.63) is 24.8 Å². The zero-order valence-electron chi connectivity index (χ0n) is 16.3. The first-order chi connectivity index (χ1) is 12.7. The molecule has 0 aliphatic carbocycles. The third-order valence-corrected chi connectivity index (χ3v) is 3.75. The summed E-state index contributed by atoms with van der Waals surface area (Å²) < 4.78 is 16.1. The molecule has 0 radical (unpaired) electrons. The predicted octanol–water partition coefficient (Wildman–Crippen LogP) is 3.00. The van der Waals surface area contributed by atoms with E-state index in [1.807, 2.05) is 0 Å². The number of hydrogen-bond donors (Lipinski definition) is 2. The van der Waals surface area contributed by atoms with Crippen molar-refractivity contribution < 1.29 is 23.8 Å². The van der Waals surface area contributed by atoms with Gasteiger partial charge >= 0.3 is 6.09 Å². The number of nitrogens with one attached hydrogen (secondary N) is 2. The van der Waals surface area contributed by atoms with Crippen molar-refractivity contribution in [2.24, 2.45) is 0 Å². The second-order valence-electron chi connectivity index (χ2n) is 6.99. The predicted molar refractivity (Wildman–Crippen MR) is 105 cm³/mol. The highest BCUT2D eigenvalue weighted by atomic mass is 16.6. The Kier molecular flexibility index (Phi) is 6.68. The van der Waals surface area contributed by atoms with Crippen LogP contribution in [0.3, 0.4) is 0 Å². The van der Waals surface area contributed by atoms with E-state index in [-0.39, 0.29) is 5.91 Å². The maximum Gasteiger partial charge on any atom is 0.412 e. The number of carbonyl (C=O) groups is 2. The fourth-order valence-electron chi connectivity index (χ4n) is 2.60. The molecule has 1 aromatic carbocycles. The number of benzene rings is 1. The number of anilines is 3. The molecule has 2 amide bonds. The van der Waals surface area contributed by atoms with Crippen LogP contribution in [0, 0.1) is 0 Å². The van der Waals surface area contributed by atoms with E-state index in [2.05, 4.69) is 22.1 Å². The van der Waals surface area contributed by atoms with E-state index in [1.54, 1.807) is 32.9 Å². The number of nitrogens with zero attached hydrogens (tertiary/aromatic N) is 1. The molecule has 1 fully saturated rings. The molecule has 2 rings (SSSR count). The van der Waals surface area contributed by atoms with Crippen LogP contribution < -0.4 is 20.3 Å². The molecule has 1 saturated heterocycles. The molecular weight excluding hydrogens is 350 g/mol. The minimum Gasteiger partial charge on any atom is -0.494 e. The summed E-state index contributed by atoms with van der Waals surface area (Å²) in [5.74, 6) is 0.108. The van der Waals surface area contributed by atoms with E-state index < -0.39 is 11.7 Å². The number of methoxy groups -OCH3 is 1. The molecule has 2 N–H and O–H groups in total. The van der Waals surface area contributed by atoms with Gasteiger partial charge in [-0.3, -0.25) is 10.1 Å². The Morgan fingerprint density at radius 1 is 1.19 bits per heavy atom. The summed E-state index contributed by atoms with van der Waals surface area (Å²) in [4.78, 5) is 26.1. The first-order valence-corrected chi connectivity index (χ1v) is 8.71. The van der Waals surface area contributed by atoms with Gasteiger partial charge < -0.3 is 24.4 Å². The van der Waals surface area contributed by atoms with E-state index in [1.165, 1.54) is 13.2 Å². The Morgan fingerprint density at radius 3 is 2.41 bits per heavy atom. The van der Waals surface area contributed by atoms with Gasteiger partial charge in [-0.2, -0.15) is 0 Å². The lowest BCUT2D eigenvalue weighted by molar-refractivity contribution is -0.111. The zero-order chi connectivity index (χ0) is 20.0. The van der Waals surface area contributed by atoms with E-state index in [4.69, 9.17) is 14.2 Å². The summed E-state index contributed by atoms with van der Waals surface area (Å²) in [5, 5.41) is 5.46. The molecule has 1 heterocycles. The van der Waals surface area contributed by atoms with Crippen molar-refractivity contribution in [3.63, 3.8) is 0 Å². The van der Waals surface area contributed by atoms with Crippen LogP contribution >= 0.6 is 0 Å². The molecule has 8 nitrogen and oxygen atoms in total. The van der Waals surface area contributed by atoms with E-state index in [0.717, 1.165) is 5.69 Å². The van der Waals surface area contributed by atoms with Crippen LogP contribution in [0.2, 0.25) is 0 Å².